The first kappa shape index (κ1) is 22.9. The summed E-state index contributed by atoms with van der Waals surface area (Å²) in [5, 5.41) is 2.99. The highest BCUT2D eigenvalue weighted by Gasteiger charge is 2.30. The zero-order valence-electron chi connectivity index (χ0n) is 18.6. The van der Waals surface area contributed by atoms with Gasteiger partial charge < -0.3 is 5.32 Å². The molecule has 1 amide bonds. The van der Waals surface area contributed by atoms with Crippen LogP contribution in [-0.2, 0) is 14.8 Å². The molecule has 0 bridgehead atoms. The summed E-state index contributed by atoms with van der Waals surface area (Å²) >= 11 is 0. The molecule has 0 saturated heterocycles. The van der Waals surface area contributed by atoms with E-state index in [1.165, 1.54) is 9.87 Å². The molecule has 0 unspecified atom stereocenters. The van der Waals surface area contributed by atoms with E-state index in [2.05, 4.69) is 24.4 Å². The molecular weight excluding hydrogens is 384 g/mol. The lowest BCUT2D eigenvalue weighted by atomic mass is 9.96. The number of carbonyl (C=O) groups is 1. The van der Waals surface area contributed by atoms with E-state index >= 15 is 0 Å². The van der Waals surface area contributed by atoms with Gasteiger partial charge in [-0.1, -0.05) is 18.2 Å². The number of nitrogens with zero attached hydrogens (tertiary/aromatic N) is 1. The first-order valence-electron chi connectivity index (χ1n) is 9.77. The number of carbonyl (C=O) groups excluding carboxylic acids is 1. The molecule has 0 spiro atoms. The van der Waals surface area contributed by atoms with Crippen molar-refractivity contribution < 1.29 is 13.2 Å². The van der Waals surface area contributed by atoms with Crippen LogP contribution in [0.2, 0.25) is 0 Å². The van der Waals surface area contributed by atoms with E-state index in [0.29, 0.717) is 5.69 Å². The number of amides is 1. The quantitative estimate of drug-likeness (QED) is 0.765. The summed E-state index contributed by atoms with van der Waals surface area (Å²) < 4.78 is 26.3. The average molecular weight is 417 g/mol. The molecule has 0 radical (unpaired) electrons. The number of nitrogens with one attached hydrogen (secondary N) is 1. The number of anilines is 1. The number of hydrogen-bond donors (Lipinski definition) is 1. The van der Waals surface area contributed by atoms with E-state index in [-0.39, 0.29) is 11.9 Å². The second-order valence-electron chi connectivity index (χ2n) is 8.10. The molecule has 2 aromatic carbocycles. The first-order valence-corrected chi connectivity index (χ1v) is 11.6. The molecule has 2 rings (SSSR count). The summed E-state index contributed by atoms with van der Waals surface area (Å²) in [5.74, 6) is -0.334. The highest BCUT2D eigenvalue weighted by atomic mass is 32.2. The van der Waals surface area contributed by atoms with E-state index in [4.69, 9.17) is 0 Å². The van der Waals surface area contributed by atoms with Crippen LogP contribution in [0.1, 0.15) is 53.3 Å². The van der Waals surface area contributed by atoms with Crippen LogP contribution in [-0.4, -0.2) is 26.6 Å². The SMILES string of the molecule is Cc1cc(C)cc(N([C@H](C)C(=O)N[C@@H](C)c2cc(C)c(C)cc2C)S(C)(=O)=O)c1. The Morgan fingerprint density at radius 3 is 1.90 bits per heavy atom. The lowest BCUT2D eigenvalue weighted by molar-refractivity contribution is -0.122. The zero-order chi connectivity index (χ0) is 22.1. The fourth-order valence-electron chi connectivity index (χ4n) is 3.75. The summed E-state index contributed by atoms with van der Waals surface area (Å²) in [6, 6.07) is 8.63. The third-order valence-electron chi connectivity index (χ3n) is 5.26. The summed E-state index contributed by atoms with van der Waals surface area (Å²) in [4.78, 5) is 13.0. The van der Waals surface area contributed by atoms with Gasteiger partial charge in [0.1, 0.15) is 6.04 Å². The first-order chi connectivity index (χ1) is 13.3. The van der Waals surface area contributed by atoms with E-state index < -0.39 is 16.1 Å². The summed E-state index contributed by atoms with van der Waals surface area (Å²) in [6.45, 7) is 13.5. The number of hydrogen-bond acceptors (Lipinski definition) is 3. The van der Waals surface area contributed by atoms with Crippen LogP contribution in [0, 0.1) is 34.6 Å². The Morgan fingerprint density at radius 1 is 0.862 bits per heavy atom. The molecule has 6 heteroatoms. The van der Waals surface area contributed by atoms with Crippen molar-refractivity contribution in [2.24, 2.45) is 0 Å². The highest BCUT2D eigenvalue weighted by Crippen LogP contribution is 2.25. The number of aryl methyl sites for hydroxylation is 5. The second kappa shape index (κ2) is 8.57. The lowest BCUT2D eigenvalue weighted by Gasteiger charge is -2.30. The minimum absolute atomic E-state index is 0.232. The molecular formula is C23H32N2O3S. The van der Waals surface area contributed by atoms with Crippen LogP contribution in [0.15, 0.2) is 30.3 Å². The maximum atomic E-state index is 13.0. The Labute approximate surface area is 175 Å². The molecule has 0 aromatic heterocycles. The molecule has 0 heterocycles. The predicted molar refractivity (Wildman–Crippen MR) is 120 cm³/mol. The Bertz CT molecular complexity index is 1010. The van der Waals surface area contributed by atoms with Gasteiger partial charge in [0.2, 0.25) is 15.9 Å². The Kier molecular flexibility index (Phi) is 6.78. The largest absolute Gasteiger partial charge is 0.348 e. The molecule has 0 fully saturated rings. The lowest BCUT2D eigenvalue weighted by Crippen LogP contribution is -2.48. The van der Waals surface area contributed by atoms with Gasteiger partial charge in [0.05, 0.1) is 18.0 Å². The van der Waals surface area contributed by atoms with Crippen molar-refractivity contribution in [2.45, 2.75) is 60.5 Å². The highest BCUT2D eigenvalue weighted by molar-refractivity contribution is 7.92. The van der Waals surface area contributed by atoms with Crippen LogP contribution in [0.5, 0.6) is 0 Å². The molecule has 1 N–H and O–H groups in total. The molecule has 5 nitrogen and oxygen atoms in total. The summed E-state index contributed by atoms with van der Waals surface area (Å²) in [7, 11) is -3.64. The minimum atomic E-state index is -3.64. The maximum Gasteiger partial charge on any atom is 0.244 e. The third-order valence-corrected chi connectivity index (χ3v) is 6.50. The fourth-order valence-corrected chi connectivity index (χ4v) is 4.91. The molecule has 158 valence electrons. The zero-order valence-corrected chi connectivity index (χ0v) is 19.4. The van der Waals surface area contributed by atoms with Crippen molar-refractivity contribution in [1.82, 2.24) is 5.32 Å². The molecule has 0 aliphatic carbocycles. The molecule has 0 saturated carbocycles. The number of sulfonamides is 1. The van der Waals surface area contributed by atoms with Gasteiger partial charge in [-0.15, -0.1) is 0 Å². The van der Waals surface area contributed by atoms with Gasteiger partial charge in [0, 0.05) is 0 Å². The van der Waals surface area contributed by atoms with Crippen molar-refractivity contribution in [2.75, 3.05) is 10.6 Å². The Hall–Kier alpha value is -2.34. The van der Waals surface area contributed by atoms with Gasteiger partial charge in [-0.3, -0.25) is 9.10 Å². The van der Waals surface area contributed by atoms with Crippen LogP contribution in [0.25, 0.3) is 0 Å². The summed E-state index contributed by atoms with van der Waals surface area (Å²) in [6.07, 6.45) is 1.13. The van der Waals surface area contributed by atoms with Crippen LogP contribution in [0.3, 0.4) is 0 Å². The van der Waals surface area contributed by atoms with Gasteiger partial charge in [-0.25, -0.2) is 8.42 Å². The second-order valence-corrected chi connectivity index (χ2v) is 9.96. The van der Waals surface area contributed by atoms with E-state index in [0.717, 1.165) is 34.1 Å². The molecule has 29 heavy (non-hydrogen) atoms. The average Bonchev–Trinajstić information content (AvgIpc) is 2.55. The van der Waals surface area contributed by atoms with Crippen LogP contribution < -0.4 is 9.62 Å². The Balaban J connectivity index is 2.33. The van der Waals surface area contributed by atoms with Crippen LogP contribution >= 0.6 is 0 Å². The van der Waals surface area contributed by atoms with Gasteiger partial charge in [0.25, 0.3) is 0 Å². The smallest absolute Gasteiger partial charge is 0.244 e. The standard InChI is InChI=1S/C23H32N2O3S/c1-14-9-15(2)11-21(10-14)25(29(8,27)28)20(7)23(26)24-19(6)22-13-17(4)16(3)12-18(22)5/h9-13,19-20H,1-8H3,(H,24,26)/t19-,20+/m0/s1. The van der Waals surface area contributed by atoms with E-state index in [9.17, 15) is 13.2 Å². The fraction of sp³-hybridized carbons (Fsp3) is 0.435. The van der Waals surface area contributed by atoms with Gasteiger partial charge >= 0.3 is 0 Å². The number of rotatable bonds is 6. The third kappa shape index (κ3) is 5.38. The number of benzene rings is 2. The van der Waals surface area contributed by atoms with E-state index in [1.54, 1.807) is 19.1 Å². The van der Waals surface area contributed by atoms with Crippen molar-refractivity contribution in [3.63, 3.8) is 0 Å². The normalized spacial score (nSPS) is 13.7. The van der Waals surface area contributed by atoms with E-state index in [1.807, 2.05) is 40.7 Å². The topological polar surface area (TPSA) is 66.5 Å². The van der Waals surface area contributed by atoms with Gasteiger partial charge in [-0.05, 0) is 94.0 Å². The maximum absolute atomic E-state index is 13.0. The summed E-state index contributed by atoms with van der Waals surface area (Å²) in [5.41, 5.74) is 6.89. The molecule has 2 atom stereocenters. The van der Waals surface area contributed by atoms with Crippen molar-refractivity contribution in [3.8, 4) is 0 Å². The van der Waals surface area contributed by atoms with Crippen molar-refractivity contribution in [3.05, 3.63) is 63.7 Å². The van der Waals surface area contributed by atoms with Crippen molar-refractivity contribution in [1.29, 1.82) is 0 Å². The minimum Gasteiger partial charge on any atom is -0.348 e. The monoisotopic (exact) mass is 416 g/mol. The van der Waals surface area contributed by atoms with Crippen molar-refractivity contribution >= 4 is 21.6 Å². The van der Waals surface area contributed by atoms with Gasteiger partial charge in [0.15, 0.2) is 0 Å². The molecule has 0 aliphatic rings. The molecule has 2 aromatic rings. The Morgan fingerprint density at radius 2 is 1.38 bits per heavy atom. The molecule has 0 aliphatic heterocycles. The van der Waals surface area contributed by atoms with Gasteiger partial charge in [-0.2, -0.15) is 0 Å². The van der Waals surface area contributed by atoms with Crippen LogP contribution in [0.4, 0.5) is 5.69 Å². The predicted octanol–water partition coefficient (Wildman–Crippen LogP) is 4.26.